The molecule has 0 aliphatic carbocycles. The first kappa shape index (κ1) is 14.5. The minimum atomic E-state index is 0.0873. The highest BCUT2D eigenvalue weighted by Gasteiger charge is 2.21. The van der Waals surface area contributed by atoms with Crippen LogP contribution in [0, 0.1) is 5.92 Å². The monoisotopic (exact) mass is 304 g/mol. The highest BCUT2D eigenvalue weighted by molar-refractivity contribution is 7.99. The van der Waals surface area contributed by atoms with Crippen molar-refractivity contribution in [2.45, 2.75) is 25.3 Å². The maximum absolute atomic E-state index is 6.25. The largest absolute Gasteiger partial charge is 0.271 e. The molecule has 0 radical (unpaired) electrons. The van der Waals surface area contributed by atoms with Gasteiger partial charge in [0.25, 0.3) is 0 Å². The van der Waals surface area contributed by atoms with E-state index >= 15 is 0 Å². The minimum Gasteiger partial charge on any atom is -0.271 e. The van der Waals surface area contributed by atoms with E-state index < -0.39 is 0 Å². The van der Waals surface area contributed by atoms with Gasteiger partial charge in [-0.25, -0.2) is 0 Å². The minimum absolute atomic E-state index is 0.0873. The van der Waals surface area contributed by atoms with Gasteiger partial charge in [0.2, 0.25) is 0 Å². The van der Waals surface area contributed by atoms with Crippen LogP contribution >= 0.6 is 35.0 Å². The van der Waals surface area contributed by atoms with Gasteiger partial charge in [-0.15, -0.1) is 0 Å². The Balaban J connectivity index is 2.09. The lowest BCUT2D eigenvalue weighted by Crippen LogP contribution is -2.30. The van der Waals surface area contributed by atoms with Gasteiger partial charge < -0.3 is 0 Å². The number of rotatable bonds is 4. The molecule has 0 amide bonds. The van der Waals surface area contributed by atoms with Crippen molar-refractivity contribution in [3.63, 3.8) is 0 Å². The number of thioether (sulfide) groups is 1. The molecule has 5 heteroatoms. The lowest BCUT2D eigenvalue weighted by molar-refractivity contribution is 0.374. The highest BCUT2D eigenvalue weighted by atomic mass is 35.5. The van der Waals surface area contributed by atoms with Crippen LogP contribution in [-0.4, -0.2) is 11.5 Å². The van der Waals surface area contributed by atoms with Crippen molar-refractivity contribution in [1.29, 1.82) is 0 Å². The van der Waals surface area contributed by atoms with Gasteiger partial charge in [-0.2, -0.15) is 11.8 Å². The van der Waals surface area contributed by atoms with Gasteiger partial charge in [0, 0.05) is 6.04 Å². The lowest BCUT2D eigenvalue weighted by Gasteiger charge is -2.26. The summed E-state index contributed by atoms with van der Waals surface area (Å²) < 4.78 is 0. The van der Waals surface area contributed by atoms with E-state index in [0.29, 0.717) is 10.0 Å². The van der Waals surface area contributed by atoms with Crippen LogP contribution in [0.5, 0.6) is 0 Å². The van der Waals surface area contributed by atoms with E-state index in [1.54, 1.807) is 6.07 Å². The number of benzene rings is 1. The van der Waals surface area contributed by atoms with Gasteiger partial charge in [-0.3, -0.25) is 11.3 Å². The van der Waals surface area contributed by atoms with Crippen LogP contribution in [0.15, 0.2) is 18.2 Å². The predicted octanol–water partition coefficient (Wildman–Crippen LogP) is 4.03. The fourth-order valence-corrected chi connectivity index (χ4v) is 4.03. The molecular weight excluding hydrogens is 287 g/mol. The van der Waals surface area contributed by atoms with Crippen LogP contribution in [0.1, 0.15) is 30.9 Å². The van der Waals surface area contributed by atoms with Gasteiger partial charge >= 0.3 is 0 Å². The molecule has 100 valence electrons. The number of nitrogens with two attached hydrogens (primary N) is 1. The summed E-state index contributed by atoms with van der Waals surface area (Å²) in [5, 5.41) is 1.21. The molecule has 1 aliphatic heterocycles. The summed E-state index contributed by atoms with van der Waals surface area (Å²) in [5.74, 6) is 8.92. The summed E-state index contributed by atoms with van der Waals surface area (Å²) in [6.45, 7) is 0. The quantitative estimate of drug-likeness (QED) is 0.651. The zero-order chi connectivity index (χ0) is 13.0. The maximum atomic E-state index is 6.25. The Morgan fingerprint density at radius 2 is 2.06 bits per heavy atom. The lowest BCUT2D eigenvalue weighted by atomic mass is 9.91. The van der Waals surface area contributed by atoms with E-state index in [1.807, 2.05) is 23.9 Å². The molecule has 1 unspecified atom stereocenters. The van der Waals surface area contributed by atoms with E-state index in [4.69, 9.17) is 29.0 Å². The smallest absolute Gasteiger partial charge is 0.0640 e. The SMILES string of the molecule is NNC(CC1CCSCC1)c1cccc(Cl)c1Cl. The average molecular weight is 305 g/mol. The Morgan fingerprint density at radius 3 is 2.72 bits per heavy atom. The molecule has 18 heavy (non-hydrogen) atoms. The van der Waals surface area contributed by atoms with E-state index in [1.165, 1.54) is 24.3 Å². The zero-order valence-electron chi connectivity index (χ0n) is 10.2. The summed E-state index contributed by atoms with van der Waals surface area (Å²) in [5.41, 5.74) is 3.89. The first-order chi connectivity index (χ1) is 8.72. The van der Waals surface area contributed by atoms with Gasteiger partial charge in [0.1, 0.15) is 0 Å². The predicted molar refractivity (Wildman–Crippen MR) is 81.2 cm³/mol. The molecule has 3 N–H and O–H groups in total. The second kappa shape index (κ2) is 7.01. The van der Waals surface area contributed by atoms with Crippen LogP contribution in [0.4, 0.5) is 0 Å². The molecule has 1 saturated heterocycles. The van der Waals surface area contributed by atoms with Crippen LogP contribution in [0.3, 0.4) is 0 Å². The number of halogens is 2. The molecule has 1 heterocycles. The standard InChI is InChI=1S/C13H18Cl2N2S/c14-11-3-1-2-10(13(11)15)12(17-16)8-9-4-6-18-7-5-9/h1-3,9,12,17H,4-8,16H2. The van der Waals surface area contributed by atoms with Crippen LogP contribution < -0.4 is 11.3 Å². The number of hydrogen-bond donors (Lipinski definition) is 2. The Kier molecular flexibility index (Phi) is 5.64. The molecular formula is C13H18Cl2N2S. The summed E-state index contributed by atoms with van der Waals surface area (Å²) >= 11 is 14.3. The summed E-state index contributed by atoms with van der Waals surface area (Å²) in [4.78, 5) is 0. The summed E-state index contributed by atoms with van der Waals surface area (Å²) in [6.07, 6.45) is 3.55. The fourth-order valence-electron chi connectivity index (χ4n) is 2.39. The van der Waals surface area contributed by atoms with Crippen LogP contribution in [0.25, 0.3) is 0 Å². The Labute approximate surface area is 123 Å². The van der Waals surface area contributed by atoms with Crippen molar-refractivity contribution in [2.75, 3.05) is 11.5 Å². The molecule has 1 aromatic rings. The third kappa shape index (κ3) is 3.55. The molecule has 1 aliphatic rings. The number of hydrazine groups is 1. The van der Waals surface area contributed by atoms with Crippen LogP contribution in [-0.2, 0) is 0 Å². The van der Waals surface area contributed by atoms with Gasteiger partial charge in [0.15, 0.2) is 0 Å². The van der Waals surface area contributed by atoms with Crippen molar-refractivity contribution in [3.05, 3.63) is 33.8 Å². The molecule has 1 atom stereocenters. The highest BCUT2D eigenvalue weighted by Crippen LogP contribution is 2.35. The Hall–Kier alpha value is 0.0700. The third-order valence-corrected chi connectivity index (χ3v) is 5.35. The third-order valence-electron chi connectivity index (χ3n) is 3.47. The second-order valence-electron chi connectivity index (χ2n) is 4.65. The average Bonchev–Trinajstić information content (AvgIpc) is 2.41. The van der Waals surface area contributed by atoms with Crippen molar-refractivity contribution >= 4 is 35.0 Å². The van der Waals surface area contributed by atoms with Gasteiger partial charge in [-0.05, 0) is 48.3 Å². The van der Waals surface area contributed by atoms with E-state index in [2.05, 4.69) is 5.43 Å². The van der Waals surface area contributed by atoms with E-state index in [-0.39, 0.29) is 6.04 Å². The second-order valence-corrected chi connectivity index (χ2v) is 6.66. The van der Waals surface area contributed by atoms with Gasteiger partial charge in [0.05, 0.1) is 10.0 Å². The van der Waals surface area contributed by atoms with Gasteiger partial charge in [-0.1, -0.05) is 35.3 Å². The molecule has 1 aromatic carbocycles. The molecule has 2 rings (SSSR count). The Bertz CT molecular complexity index is 395. The van der Waals surface area contributed by atoms with E-state index in [9.17, 15) is 0 Å². The first-order valence-corrected chi connectivity index (χ1v) is 8.11. The topological polar surface area (TPSA) is 38.0 Å². The molecule has 0 spiro atoms. The molecule has 1 fully saturated rings. The summed E-state index contributed by atoms with van der Waals surface area (Å²) in [7, 11) is 0. The molecule has 0 saturated carbocycles. The van der Waals surface area contributed by atoms with Crippen LogP contribution in [0.2, 0.25) is 10.0 Å². The zero-order valence-corrected chi connectivity index (χ0v) is 12.5. The Morgan fingerprint density at radius 1 is 1.33 bits per heavy atom. The molecule has 0 bridgehead atoms. The molecule has 0 aromatic heterocycles. The normalized spacial score (nSPS) is 18.8. The molecule has 2 nitrogen and oxygen atoms in total. The van der Waals surface area contributed by atoms with E-state index in [0.717, 1.165) is 17.9 Å². The van der Waals surface area contributed by atoms with Crippen molar-refractivity contribution in [2.24, 2.45) is 11.8 Å². The van der Waals surface area contributed by atoms with Crippen molar-refractivity contribution in [1.82, 2.24) is 5.43 Å². The number of hydrogen-bond acceptors (Lipinski definition) is 3. The van der Waals surface area contributed by atoms with Crippen molar-refractivity contribution < 1.29 is 0 Å². The number of nitrogens with one attached hydrogen (secondary N) is 1. The van der Waals surface area contributed by atoms with Crippen molar-refractivity contribution in [3.8, 4) is 0 Å². The summed E-state index contributed by atoms with van der Waals surface area (Å²) in [6, 6.07) is 5.81. The maximum Gasteiger partial charge on any atom is 0.0640 e. The first-order valence-electron chi connectivity index (χ1n) is 6.20. The fraction of sp³-hybridized carbons (Fsp3) is 0.538.